The van der Waals surface area contributed by atoms with E-state index in [1.807, 2.05) is 17.7 Å². The predicted octanol–water partition coefficient (Wildman–Crippen LogP) is 0.964. The maximum atomic E-state index is 8.53. The summed E-state index contributed by atoms with van der Waals surface area (Å²) in [5.74, 6) is 0. The second-order valence-corrected chi connectivity index (χ2v) is 2.63. The average molecular weight is 154 g/mol. The van der Waals surface area contributed by atoms with Crippen LogP contribution in [0.4, 0.5) is 0 Å². The summed E-state index contributed by atoms with van der Waals surface area (Å²) in [6.07, 6.45) is 3.66. The Balaban J connectivity index is 2.32. The van der Waals surface area contributed by atoms with Crippen LogP contribution >= 0.6 is 0 Å². The minimum atomic E-state index is 0.278. The molecule has 3 heteroatoms. The molecule has 0 unspecified atom stereocenters. The van der Waals surface area contributed by atoms with E-state index < -0.39 is 0 Å². The van der Waals surface area contributed by atoms with Crippen molar-refractivity contribution in [3.8, 4) is 0 Å². The smallest absolute Gasteiger partial charge is 0.0492 e. The molecule has 1 rings (SSSR count). The van der Waals surface area contributed by atoms with Gasteiger partial charge in [-0.05, 0) is 25.8 Å². The molecule has 0 aliphatic carbocycles. The number of unbranched alkanes of at least 4 members (excludes halogenated alkanes) is 1. The second kappa shape index (κ2) is 4.13. The van der Waals surface area contributed by atoms with E-state index in [1.54, 1.807) is 6.20 Å². The largest absolute Gasteiger partial charge is 0.396 e. The number of aryl methyl sites for hydroxylation is 2. The molecule has 0 saturated carbocycles. The summed E-state index contributed by atoms with van der Waals surface area (Å²) < 4.78 is 1.95. The molecule has 0 aliphatic heterocycles. The Morgan fingerprint density at radius 1 is 1.55 bits per heavy atom. The van der Waals surface area contributed by atoms with Gasteiger partial charge in [0.1, 0.15) is 0 Å². The van der Waals surface area contributed by atoms with Gasteiger partial charge in [0.15, 0.2) is 0 Å². The molecule has 0 fully saturated rings. The van der Waals surface area contributed by atoms with Gasteiger partial charge in [0.25, 0.3) is 0 Å². The summed E-state index contributed by atoms with van der Waals surface area (Å²) >= 11 is 0. The van der Waals surface area contributed by atoms with Crippen molar-refractivity contribution in [2.45, 2.75) is 26.3 Å². The highest BCUT2D eigenvalue weighted by Crippen LogP contribution is 1.98. The summed E-state index contributed by atoms with van der Waals surface area (Å²) in [4.78, 5) is 0. The SMILES string of the molecule is Cc1ccnn1CCCCO. The van der Waals surface area contributed by atoms with Crippen molar-refractivity contribution in [1.82, 2.24) is 9.78 Å². The molecule has 3 nitrogen and oxygen atoms in total. The molecule has 1 aromatic rings. The van der Waals surface area contributed by atoms with Crippen LogP contribution in [0.5, 0.6) is 0 Å². The van der Waals surface area contributed by atoms with E-state index in [0.717, 1.165) is 19.4 Å². The molecule has 11 heavy (non-hydrogen) atoms. The monoisotopic (exact) mass is 154 g/mol. The van der Waals surface area contributed by atoms with E-state index in [1.165, 1.54) is 5.69 Å². The lowest BCUT2D eigenvalue weighted by atomic mass is 10.3. The summed E-state index contributed by atoms with van der Waals surface area (Å²) in [6, 6.07) is 1.99. The lowest BCUT2D eigenvalue weighted by Crippen LogP contribution is -2.02. The quantitative estimate of drug-likeness (QED) is 0.656. The first kappa shape index (κ1) is 8.27. The molecule has 0 radical (unpaired) electrons. The number of rotatable bonds is 4. The Bertz CT molecular complexity index is 208. The van der Waals surface area contributed by atoms with Gasteiger partial charge in [-0.1, -0.05) is 0 Å². The zero-order valence-electron chi connectivity index (χ0n) is 6.82. The molecule has 0 spiro atoms. The van der Waals surface area contributed by atoms with Gasteiger partial charge in [0.2, 0.25) is 0 Å². The van der Waals surface area contributed by atoms with E-state index >= 15 is 0 Å². The number of aliphatic hydroxyl groups is 1. The van der Waals surface area contributed by atoms with Gasteiger partial charge in [-0.2, -0.15) is 5.10 Å². The highest BCUT2D eigenvalue weighted by atomic mass is 16.2. The van der Waals surface area contributed by atoms with Crippen LogP contribution in [0, 0.1) is 6.92 Å². The molecule has 1 N–H and O–H groups in total. The first-order chi connectivity index (χ1) is 5.34. The van der Waals surface area contributed by atoms with Crippen LogP contribution < -0.4 is 0 Å². The van der Waals surface area contributed by atoms with Gasteiger partial charge in [-0.15, -0.1) is 0 Å². The lowest BCUT2D eigenvalue weighted by Gasteiger charge is -2.01. The van der Waals surface area contributed by atoms with E-state index in [-0.39, 0.29) is 6.61 Å². The number of aliphatic hydroxyl groups excluding tert-OH is 1. The van der Waals surface area contributed by atoms with Crippen LogP contribution in [-0.4, -0.2) is 21.5 Å². The number of nitrogens with zero attached hydrogens (tertiary/aromatic N) is 2. The van der Waals surface area contributed by atoms with Crippen LogP contribution in [0.25, 0.3) is 0 Å². The van der Waals surface area contributed by atoms with Crippen LogP contribution in [0.15, 0.2) is 12.3 Å². The number of hydrogen-bond donors (Lipinski definition) is 1. The maximum Gasteiger partial charge on any atom is 0.0492 e. The summed E-state index contributed by atoms with van der Waals surface area (Å²) in [5.41, 5.74) is 1.18. The molecule has 1 aromatic heterocycles. The van der Waals surface area contributed by atoms with Gasteiger partial charge < -0.3 is 5.11 Å². The molecule has 0 bridgehead atoms. The van der Waals surface area contributed by atoms with Crippen molar-refractivity contribution in [3.05, 3.63) is 18.0 Å². The molecule has 0 atom stereocenters. The molecule has 0 aromatic carbocycles. The molecule has 0 amide bonds. The Kier molecular flexibility index (Phi) is 3.11. The van der Waals surface area contributed by atoms with Crippen molar-refractivity contribution in [2.24, 2.45) is 0 Å². The Morgan fingerprint density at radius 3 is 2.91 bits per heavy atom. The Labute approximate surface area is 66.7 Å². The van der Waals surface area contributed by atoms with Crippen molar-refractivity contribution in [1.29, 1.82) is 0 Å². The lowest BCUT2D eigenvalue weighted by molar-refractivity contribution is 0.280. The third kappa shape index (κ3) is 2.35. The Morgan fingerprint density at radius 2 is 2.36 bits per heavy atom. The fourth-order valence-electron chi connectivity index (χ4n) is 1.01. The van der Waals surface area contributed by atoms with Gasteiger partial charge in [0.05, 0.1) is 0 Å². The van der Waals surface area contributed by atoms with Gasteiger partial charge in [-0.25, -0.2) is 0 Å². The van der Waals surface area contributed by atoms with Crippen LogP contribution in [0.1, 0.15) is 18.5 Å². The summed E-state index contributed by atoms with van der Waals surface area (Å²) in [5, 5.41) is 12.7. The second-order valence-electron chi connectivity index (χ2n) is 2.63. The van der Waals surface area contributed by atoms with Gasteiger partial charge >= 0.3 is 0 Å². The molecule has 0 saturated heterocycles. The number of aromatic nitrogens is 2. The fourth-order valence-corrected chi connectivity index (χ4v) is 1.01. The third-order valence-corrected chi connectivity index (χ3v) is 1.71. The zero-order valence-corrected chi connectivity index (χ0v) is 6.82. The molecular weight excluding hydrogens is 140 g/mol. The van der Waals surface area contributed by atoms with Gasteiger partial charge in [-0.3, -0.25) is 4.68 Å². The molecular formula is C8H14N2O. The van der Waals surface area contributed by atoms with Crippen molar-refractivity contribution < 1.29 is 5.11 Å². The first-order valence-electron chi connectivity index (χ1n) is 3.94. The maximum absolute atomic E-state index is 8.53. The predicted molar refractivity (Wildman–Crippen MR) is 43.3 cm³/mol. The van der Waals surface area contributed by atoms with Crippen molar-refractivity contribution in [3.63, 3.8) is 0 Å². The first-order valence-corrected chi connectivity index (χ1v) is 3.94. The third-order valence-electron chi connectivity index (χ3n) is 1.71. The summed E-state index contributed by atoms with van der Waals surface area (Å²) in [7, 11) is 0. The highest BCUT2D eigenvalue weighted by molar-refractivity contribution is 4.96. The minimum absolute atomic E-state index is 0.278. The highest BCUT2D eigenvalue weighted by Gasteiger charge is 1.94. The van der Waals surface area contributed by atoms with Crippen molar-refractivity contribution in [2.75, 3.05) is 6.61 Å². The van der Waals surface area contributed by atoms with E-state index in [9.17, 15) is 0 Å². The van der Waals surface area contributed by atoms with E-state index in [4.69, 9.17) is 5.11 Å². The summed E-state index contributed by atoms with van der Waals surface area (Å²) in [6.45, 7) is 3.23. The molecule has 62 valence electrons. The number of hydrogen-bond acceptors (Lipinski definition) is 2. The van der Waals surface area contributed by atoms with Gasteiger partial charge in [0, 0.05) is 25.0 Å². The topological polar surface area (TPSA) is 38.0 Å². The molecule has 1 heterocycles. The van der Waals surface area contributed by atoms with Crippen LogP contribution in [-0.2, 0) is 6.54 Å². The zero-order chi connectivity index (χ0) is 8.10. The normalized spacial score (nSPS) is 10.4. The average Bonchev–Trinajstić information content (AvgIpc) is 2.37. The van der Waals surface area contributed by atoms with Crippen LogP contribution in [0.2, 0.25) is 0 Å². The van der Waals surface area contributed by atoms with Crippen molar-refractivity contribution >= 4 is 0 Å². The molecule has 0 aliphatic rings. The standard InChI is InChI=1S/C8H14N2O/c1-8-4-5-9-10(8)6-2-3-7-11/h4-5,11H,2-3,6-7H2,1H3. The minimum Gasteiger partial charge on any atom is -0.396 e. The van der Waals surface area contributed by atoms with Crippen LogP contribution in [0.3, 0.4) is 0 Å². The van der Waals surface area contributed by atoms with E-state index in [2.05, 4.69) is 5.10 Å². The van der Waals surface area contributed by atoms with E-state index in [0.29, 0.717) is 0 Å². The Hall–Kier alpha value is -0.830. The fraction of sp³-hybridized carbons (Fsp3) is 0.625.